The van der Waals surface area contributed by atoms with E-state index >= 15 is 0 Å². The Bertz CT molecular complexity index is 1060. The Hall–Kier alpha value is -2.40. The van der Waals surface area contributed by atoms with Crippen molar-refractivity contribution in [2.24, 2.45) is 0 Å². The van der Waals surface area contributed by atoms with Gasteiger partial charge in [0.05, 0.1) is 11.8 Å². The molecule has 7 nitrogen and oxygen atoms in total. The summed E-state index contributed by atoms with van der Waals surface area (Å²) < 4.78 is 45.6. The van der Waals surface area contributed by atoms with E-state index in [1.165, 1.54) is 12.1 Å². The first kappa shape index (κ1) is 19.6. The average Bonchev–Trinajstić information content (AvgIpc) is 3.35. The first-order chi connectivity index (χ1) is 14.4. The Labute approximate surface area is 174 Å². The second-order valence-electron chi connectivity index (χ2n) is 7.53. The molecule has 0 amide bonds. The minimum absolute atomic E-state index is 0.0196. The lowest BCUT2D eigenvalue weighted by molar-refractivity contribution is -0.143. The van der Waals surface area contributed by atoms with Gasteiger partial charge in [-0.25, -0.2) is 9.97 Å². The molecule has 2 fully saturated rings. The highest BCUT2D eigenvalue weighted by atomic mass is 32.2. The number of halogens is 3. The van der Waals surface area contributed by atoms with Crippen LogP contribution in [0.3, 0.4) is 0 Å². The fourth-order valence-electron chi connectivity index (χ4n) is 4.08. The molecule has 1 spiro atoms. The summed E-state index contributed by atoms with van der Waals surface area (Å²) in [6.45, 7) is 2.51. The third-order valence-electron chi connectivity index (χ3n) is 5.66. The predicted octanol–water partition coefficient (Wildman–Crippen LogP) is 4.07. The second kappa shape index (κ2) is 7.38. The van der Waals surface area contributed by atoms with Gasteiger partial charge in [0.2, 0.25) is 0 Å². The number of anilines is 1. The van der Waals surface area contributed by atoms with Gasteiger partial charge in [0, 0.05) is 30.8 Å². The van der Waals surface area contributed by atoms with Crippen LogP contribution >= 0.6 is 11.8 Å². The van der Waals surface area contributed by atoms with Gasteiger partial charge in [-0.05, 0) is 37.8 Å². The minimum Gasteiger partial charge on any atom is -0.375 e. The van der Waals surface area contributed by atoms with Gasteiger partial charge < -0.3 is 9.64 Å². The molecule has 3 aromatic rings. The monoisotopic (exact) mass is 436 g/mol. The third-order valence-corrected chi connectivity index (χ3v) is 6.68. The molecule has 2 aliphatic rings. The van der Waals surface area contributed by atoms with Crippen LogP contribution in [0, 0.1) is 0 Å². The van der Waals surface area contributed by atoms with Gasteiger partial charge in [-0.2, -0.15) is 18.3 Å². The number of hydrogen-bond acceptors (Lipinski definition) is 7. The van der Waals surface area contributed by atoms with Crippen LogP contribution in [0.2, 0.25) is 0 Å². The Morgan fingerprint density at radius 1 is 1.17 bits per heavy atom. The first-order valence-electron chi connectivity index (χ1n) is 9.74. The van der Waals surface area contributed by atoms with Crippen molar-refractivity contribution < 1.29 is 17.9 Å². The van der Waals surface area contributed by atoms with E-state index in [0.717, 1.165) is 69.2 Å². The van der Waals surface area contributed by atoms with E-state index in [1.54, 1.807) is 6.20 Å². The fraction of sp³-hybridized carbons (Fsp3) is 0.474. The Morgan fingerprint density at radius 3 is 2.73 bits per heavy atom. The smallest absolute Gasteiger partial charge is 0.375 e. The molecule has 30 heavy (non-hydrogen) atoms. The molecule has 2 aliphatic heterocycles. The number of nitrogens with zero attached hydrogens (tertiary/aromatic N) is 5. The predicted molar refractivity (Wildman–Crippen MR) is 104 cm³/mol. The lowest BCUT2D eigenvalue weighted by Crippen LogP contribution is -2.44. The van der Waals surface area contributed by atoms with Crippen LogP contribution in [0.15, 0.2) is 34.4 Å². The zero-order chi connectivity index (χ0) is 20.8. The average molecular weight is 436 g/mol. The van der Waals surface area contributed by atoms with Crippen LogP contribution in [0.5, 0.6) is 0 Å². The maximum absolute atomic E-state index is 13.2. The van der Waals surface area contributed by atoms with Crippen molar-refractivity contribution in [2.75, 3.05) is 24.6 Å². The summed E-state index contributed by atoms with van der Waals surface area (Å²) in [5.74, 6) is 0.730. The molecular formula is C19H19F3N6OS. The molecule has 0 atom stereocenters. The van der Waals surface area contributed by atoms with Gasteiger partial charge in [-0.3, -0.25) is 10.1 Å². The maximum atomic E-state index is 13.2. The van der Waals surface area contributed by atoms with Crippen molar-refractivity contribution in [3.63, 3.8) is 0 Å². The summed E-state index contributed by atoms with van der Waals surface area (Å²) in [5, 5.41) is 7.27. The summed E-state index contributed by atoms with van der Waals surface area (Å²) in [5.41, 5.74) is -0.0311. The molecule has 3 aromatic heterocycles. The molecule has 0 bridgehead atoms. The first-order valence-corrected chi connectivity index (χ1v) is 10.6. The molecule has 1 N–H and O–H groups in total. The number of hydrogen-bond donors (Lipinski definition) is 1. The van der Waals surface area contributed by atoms with Crippen molar-refractivity contribution in [3.8, 4) is 0 Å². The molecule has 0 radical (unpaired) electrons. The van der Waals surface area contributed by atoms with Gasteiger partial charge in [0.1, 0.15) is 11.3 Å². The van der Waals surface area contributed by atoms with Crippen LogP contribution in [0.25, 0.3) is 11.2 Å². The van der Waals surface area contributed by atoms with Gasteiger partial charge in [-0.15, -0.1) is 0 Å². The topological polar surface area (TPSA) is 79.8 Å². The van der Waals surface area contributed by atoms with E-state index in [-0.39, 0.29) is 10.5 Å². The van der Waals surface area contributed by atoms with Crippen LogP contribution in [-0.2, 0) is 10.9 Å². The van der Waals surface area contributed by atoms with E-state index in [4.69, 9.17) is 4.74 Å². The molecule has 0 saturated carbocycles. The van der Waals surface area contributed by atoms with Gasteiger partial charge >= 0.3 is 6.18 Å². The van der Waals surface area contributed by atoms with E-state index < -0.39 is 11.9 Å². The largest absolute Gasteiger partial charge is 0.434 e. The van der Waals surface area contributed by atoms with Crippen molar-refractivity contribution >= 4 is 28.7 Å². The van der Waals surface area contributed by atoms with E-state index in [2.05, 4.69) is 30.0 Å². The van der Waals surface area contributed by atoms with Gasteiger partial charge in [-0.1, -0.05) is 11.8 Å². The van der Waals surface area contributed by atoms with Gasteiger partial charge in [0.25, 0.3) is 0 Å². The highest BCUT2D eigenvalue weighted by molar-refractivity contribution is 7.99. The fourth-order valence-corrected chi connectivity index (χ4v) is 5.03. The number of rotatable bonds is 3. The highest BCUT2D eigenvalue weighted by Crippen LogP contribution is 2.39. The van der Waals surface area contributed by atoms with E-state index in [1.807, 2.05) is 0 Å². The summed E-state index contributed by atoms with van der Waals surface area (Å²) in [6.07, 6.45) is 2.39. The molecular weight excluding hydrogens is 417 g/mol. The molecule has 0 aliphatic carbocycles. The maximum Gasteiger partial charge on any atom is 0.434 e. The minimum atomic E-state index is -4.54. The number of nitrogens with one attached hydrogen (secondary N) is 1. The lowest BCUT2D eigenvalue weighted by atomic mass is 9.89. The number of piperidine rings is 1. The molecule has 0 unspecified atom stereocenters. The van der Waals surface area contributed by atoms with E-state index in [0.29, 0.717) is 16.2 Å². The number of aromatic nitrogens is 5. The molecule has 11 heteroatoms. The van der Waals surface area contributed by atoms with Crippen LogP contribution in [0.1, 0.15) is 31.4 Å². The Kier molecular flexibility index (Phi) is 4.81. The Morgan fingerprint density at radius 2 is 2.00 bits per heavy atom. The van der Waals surface area contributed by atoms with Crippen molar-refractivity contribution in [1.29, 1.82) is 0 Å². The Balaban J connectivity index is 1.36. The van der Waals surface area contributed by atoms with Crippen LogP contribution in [0.4, 0.5) is 19.0 Å². The van der Waals surface area contributed by atoms with Crippen molar-refractivity contribution in [3.05, 3.63) is 30.2 Å². The molecule has 0 aromatic carbocycles. The molecule has 5 rings (SSSR count). The summed E-state index contributed by atoms with van der Waals surface area (Å²) in [6, 6.07) is 2.84. The van der Waals surface area contributed by atoms with Gasteiger partial charge in [0.15, 0.2) is 16.4 Å². The number of fused-ring (bicyclic) bond motifs is 1. The zero-order valence-electron chi connectivity index (χ0n) is 15.9. The van der Waals surface area contributed by atoms with Crippen LogP contribution < -0.4 is 4.90 Å². The third kappa shape index (κ3) is 3.60. The zero-order valence-corrected chi connectivity index (χ0v) is 16.8. The number of pyridine rings is 1. The SMILES string of the molecule is FC(F)(F)c1ncccc1Sc1n[nH]c2nc(N3CCC4(CCCO4)CC3)cnc12. The highest BCUT2D eigenvalue weighted by Gasteiger charge is 2.39. The number of alkyl halides is 3. The molecule has 2 saturated heterocycles. The number of H-pyrrole nitrogens is 1. The lowest BCUT2D eigenvalue weighted by Gasteiger charge is -2.38. The standard InChI is InChI=1S/C19H19F3N6OS/c20-19(21,22)15-12(3-1-7-23-15)30-17-14-16(26-27-17)25-13(11-24-14)28-8-5-18(6-9-28)4-2-10-29-18/h1,3,7,11H,2,4-6,8-10H2,(H,25,26,27). The second-order valence-corrected chi connectivity index (χ2v) is 8.56. The molecule has 5 heterocycles. The summed E-state index contributed by atoms with van der Waals surface area (Å²) in [7, 11) is 0. The molecule has 158 valence electrons. The van der Waals surface area contributed by atoms with Crippen molar-refractivity contribution in [2.45, 2.75) is 47.4 Å². The normalized spacial score (nSPS) is 19.1. The number of ether oxygens (including phenoxy) is 1. The number of aromatic amines is 1. The van der Waals surface area contributed by atoms with E-state index in [9.17, 15) is 13.2 Å². The quantitative estimate of drug-likeness (QED) is 0.663. The van der Waals surface area contributed by atoms with Crippen molar-refractivity contribution in [1.82, 2.24) is 25.1 Å². The summed E-state index contributed by atoms with van der Waals surface area (Å²) in [4.78, 5) is 14.7. The summed E-state index contributed by atoms with van der Waals surface area (Å²) >= 11 is 0.874. The van der Waals surface area contributed by atoms with Crippen LogP contribution in [-0.4, -0.2) is 50.4 Å².